The van der Waals surface area contributed by atoms with Crippen LogP contribution < -0.4 is 4.74 Å². The van der Waals surface area contributed by atoms with Crippen molar-refractivity contribution >= 4 is 0 Å². The third-order valence-electron chi connectivity index (χ3n) is 2.91. The molecule has 90 valence electrons. The summed E-state index contributed by atoms with van der Waals surface area (Å²) in [5, 5.41) is 14.8. The van der Waals surface area contributed by atoms with E-state index in [4.69, 9.17) is 9.47 Å². The van der Waals surface area contributed by atoms with Crippen LogP contribution in [0.1, 0.15) is 32.0 Å². The maximum absolute atomic E-state index is 10.5. The summed E-state index contributed by atoms with van der Waals surface area (Å²) in [5.41, 5.74) is -0.242. The molecule has 1 aliphatic heterocycles. The van der Waals surface area contributed by atoms with Crippen LogP contribution in [0.4, 0.5) is 0 Å². The van der Waals surface area contributed by atoms with Gasteiger partial charge in [0, 0.05) is 19.1 Å². The van der Waals surface area contributed by atoms with Gasteiger partial charge in [0.05, 0.1) is 19.9 Å². The van der Waals surface area contributed by atoms with E-state index in [-0.39, 0.29) is 6.04 Å². The van der Waals surface area contributed by atoms with Gasteiger partial charge in [0.1, 0.15) is 11.3 Å². The fourth-order valence-electron chi connectivity index (χ4n) is 2.07. The predicted octanol–water partition coefficient (Wildman–Crippen LogP) is 1.08. The molecule has 1 atom stereocenters. The van der Waals surface area contributed by atoms with Gasteiger partial charge in [-0.2, -0.15) is 5.10 Å². The predicted molar refractivity (Wildman–Crippen MR) is 58.5 cm³/mol. The van der Waals surface area contributed by atoms with Gasteiger partial charge in [-0.15, -0.1) is 0 Å². The lowest BCUT2D eigenvalue weighted by Gasteiger charge is -2.24. The normalized spacial score (nSPS) is 25.3. The molecule has 0 radical (unpaired) electrons. The molecule has 1 fully saturated rings. The molecule has 1 unspecified atom stereocenters. The fraction of sp³-hybridized carbons (Fsp3) is 0.727. The topological polar surface area (TPSA) is 56.5 Å². The number of aliphatic hydroxyl groups is 1. The highest BCUT2D eigenvalue weighted by atomic mass is 16.5. The minimum Gasteiger partial charge on any atom is -0.493 e. The van der Waals surface area contributed by atoms with Gasteiger partial charge < -0.3 is 14.6 Å². The first kappa shape index (κ1) is 11.4. The van der Waals surface area contributed by atoms with E-state index >= 15 is 0 Å². The Labute approximate surface area is 95.0 Å². The highest BCUT2D eigenvalue weighted by Crippen LogP contribution is 2.37. The Morgan fingerprint density at radius 2 is 2.38 bits per heavy atom. The average Bonchev–Trinajstić information content (AvgIpc) is 2.83. The van der Waals surface area contributed by atoms with Crippen LogP contribution >= 0.6 is 0 Å². The molecule has 0 bridgehead atoms. The van der Waals surface area contributed by atoms with Crippen molar-refractivity contribution < 1.29 is 14.6 Å². The molecule has 1 aliphatic rings. The number of nitrogens with zero attached hydrogens (tertiary/aromatic N) is 2. The zero-order valence-electron chi connectivity index (χ0n) is 9.93. The van der Waals surface area contributed by atoms with Gasteiger partial charge in [-0.1, -0.05) is 0 Å². The van der Waals surface area contributed by atoms with Crippen molar-refractivity contribution in [1.29, 1.82) is 0 Å². The van der Waals surface area contributed by atoms with Crippen molar-refractivity contribution in [3.8, 4) is 5.75 Å². The summed E-state index contributed by atoms with van der Waals surface area (Å²) in [6.45, 7) is 4.93. The van der Waals surface area contributed by atoms with Crippen LogP contribution in [-0.2, 0) is 10.3 Å². The first-order valence-electron chi connectivity index (χ1n) is 5.50. The molecule has 1 aromatic heterocycles. The maximum atomic E-state index is 10.5. The van der Waals surface area contributed by atoms with Gasteiger partial charge in [0.25, 0.3) is 0 Å². The number of aromatic nitrogens is 2. The Balaban J connectivity index is 2.47. The van der Waals surface area contributed by atoms with E-state index in [1.165, 1.54) is 0 Å². The summed E-state index contributed by atoms with van der Waals surface area (Å²) in [7, 11) is 1.59. The van der Waals surface area contributed by atoms with Crippen molar-refractivity contribution in [1.82, 2.24) is 9.78 Å². The first-order valence-corrected chi connectivity index (χ1v) is 5.50. The molecule has 0 aromatic carbocycles. The van der Waals surface area contributed by atoms with E-state index < -0.39 is 5.60 Å². The zero-order valence-corrected chi connectivity index (χ0v) is 9.93. The number of rotatable bonds is 3. The van der Waals surface area contributed by atoms with Crippen LogP contribution in [0, 0.1) is 0 Å². The molecular formula is C11H18N2O3. The largest absolute Gasteiger partial charge is 0.493 e. The molecule has 1 saturated heterocycles. The molecule has 0 saturated carbocycles. The number of methoxy groups -OCH3 is 1. The van der Waals surface area contributed by atoms with E-state index in [0.717, 1.165) is 5.69 Å². The van der Waals surface area contributed by atoms with Gasteiger partial charge in [0.15, 0.2) is 5.75 Å². The molecule has 16 heavy (non-hydrogen) atoms. The number of hydrogen-bond acceptors (Lipinski definition) is 4. The quantitative estimate of drug-likeness (QED) is 0.838. The van der Waals surface area contributed by atoms with Gasteiger partial charge in [0.2, 0.25) is 0 Å². The fourth-order valence-corrected chi connectivity index (χ4v) is 2.07. The first-order chi connectivity index (χ1) is 7.58. The van der Waals surface area contributed by atoms with Crippen molar-refractivity contribution in [2.75, 3.05) is 20.3 Å². The molecule has 5 nitrogen and oxygen atoms in total. The van der Waals surface area contributed by atoms with Crippen LogP contribution in [0.5, 0.6) is 5.75 Å². The standard InChI is InChI=1S/C11H18N2O3/c1-8(2)13-10(9(15-3)6-12-13)11(14)4-5-16-7-11/h6,8,14H,4-5,7H2,1-3H3. The molecule has 1 aromatic rings. The van der Waals surface area contributed by atoms with E-state index in [2.05, 4.69) is 5.10 Å². The highest BCUT2D eigenvalue weighted by molar-refractivity contribution is 5.32. The third-order valence-corrected chi connectivity index (χ3v) is 2.91. The van der Waals surface area contributed by atoms with Crippen LogP contribution in [0.15, 0.2) is 6.20 Å². The van der Waals surface area contributed by atoms with Crippen LogP contribution in [0.2, 0.25) is 0 Å². The maximum Gasteiger partial charge on any atom is 0.163 e. The molecule has 2 heterocycles. The van der Waals surface area contributed by atoms with E-state index in [9.17, 15) is 5.11 Å². The Morgan fingerprint density at radius 1 is 1.62 bits per heavy atom. The number of hydrogen-bond donors (Lipinski definition) is 1. The van der Waals surface area contributed by atoms with E-state index in [1.54, 1.807) is 18.0 Å². The van der Waals surface area contributed by atoms with E-state index in [1.807, 2.05) is 13.8 Å². The summed E-state index contributed by atoms with van der Waals surface area (Å²) in [4.78, 5) is 0. The second kappa shape index (κ2) is 4.07. The van der Waals surface area contributed by atoms with Gasteiger partial charge >= 0.3 is 0 Å². The molecule has 0 amide bonds. The SMILES string of the molecule is COc1cnn(C(C)C)c1C1(O)CCOC1. The Kier molecular flexibility index (Phi) is 2.90. The minimum atomic E-state index is -0.966. The second-order valence-corrected chi connectivity index (χ2v) is 4.43. The zero-order chi connectivity index (χ0) is 11.8. The summed E-state index contributed by atoms with van der Waals surface area (Å²) in [6.07, 6.45) is 2.23. The monoisotopic (exact) mass is 226 g/mol. The third kappa shape index (κ3) is 1.70. The van der Waals surface area contributed by atoms with Crippen molar-refractivity contribution in [3.63, 3.8) is 0 Å². The molecule has 0 aliphatic carbocycles. The lowest BCUT2D eigenvalue weighted by atomic mass is 9.98. The Bertz CT molecular complexity index is 367. The molecule has 1 N–H and O–H groups in total. The molecule has 0 spiro atoms. The summed E-state index contributed by atoms with van der Waals surface area (Å²) in [6, 6.07) is 0.184. The summed E-state index contributed by atoms with van der Waals surface area (Å²) < 4.78 is 12.3. The summed E-state index contributed by atoms with van der Waals surface area (Å²) in [5.74, 6) is 0.627. The Morgan fingerprint density at radius 3 is 2.88 bits per heavy atom. The highest BCUT2D eigenvalue weighted by Gasteiger charge is 2.40. The second-order valence-electron chi connectivity index (χ2n) is 4.43. The van der Waals surface area contributed by atoms with Crippen molar-refractivity contribution in [3.05, 3.63) is 11.9 Å². The van der Waals surface area contributed by atoms with Gasteiger partial charge in [-0.25, -0.2) is 0 Å². The average molecular weight is 226 g/mol. The van der Waals surface area contributed by atoms with E-state index in [0.29, 0.717) is 25.4 Å². The lowest BCUT2D eigenvalue weighted by molar-refractivity contribution is 0.0124. The molecule has 5 heteroatoms. The van der Waals surface area contributed by atoms with Crippen LogP contribution in [-0.4, -0.2) is 35.2 Å². The Hall–Kier alpha value is -1.07. The van der Waals surface area contributed by atoms with Crippen molar-refractivity contribution in [2.24, 2.45) is 0 Å². The number of ether oxygens (including phenoxy) is 2. The van der Waals surface area contributed by atoms with Crippen LogP contribution in [0.25, 0.3) is 0 Å². The smallest absolute Gasteiger partial charge is 0.163 e. The molecular weight excluding hydrogens is 208 g/mol. The van der Waals surface area contributed by atoms with Crippen LogP contribution in [0.3, 0.4) is 0 Å². The lowest BCUT2D eigenvalue weighted by Crippen LogP contribution is -2.30. The van der Waals surface area contributed by atoms with Gasteiger partial charge in [-0.3, -0.25) is 4.68 Å². The van der Waals surface area contributed by atoms with Crippen molar-refractivity contribution in [2.45, 2.75) is 31.9 Å². The minimum absolute atomic E-state index is 0.184. The van der Waals surface area contributed by atoms with Gasteiger partial charge in [-0.05, 0) is 13.8 Å². The summed E-state index contributed by atoms with van der Waals surface area (Å²) >= 11 is 0. The molecule has 2 rings (SSSR count).